The van der Waals surface area contributed by atoms with Gasteiger partial charge in [-0.25, -0.2) is 18.9 Å². The Morgan fingerprint density at radius 1 is 1.36 bits per heavy atom. The van der Waals surface area contributed by atoms with Crippen molar-refractivity contribution in [1.29, 1.82) is 0 Å². The molecule has 0 amide bonds. The molecule has 1 aromatic carbocycles. The summed E-state index contributed by atoms with van der Waals surface area (Å²) in [6, 6.07) is 4.41. The Hall–Kier alpha value is -2.77. The van der Waals surface area contributed by atoms with E-state index < -0.39 is 4.92 Å². The third-order valence-corrected chi connectivity index (χ3v) is 3.63. The first kappa shape index (κ1) is 14.2. The first-order valence-electron chi connectivity index (χ1n) is 6.82. The van der Waals surface area contributed by atoms with Gasteiger partial charge in [-0.3, -0.25) is 0 Å². The highest BCUT2D eigenvalue weighted by Crippen LogP contribution is 2.21. The minimum atomic E-state index is -0.474. The molecule has 0 saturated carbocycles. The maximum absolute atomic E-state index is 13.3. The summed E-state index contributed by atoms with van der Waals surface area (Å²) in [4.78, 5) is 19.0. The first-order valence-corrected chi connectivity index (χ1v) is 6.82. The van der Waals surface area contributed by atoms with E-state index in [2.05, 4.69) is 9.97 Å². The van der Waals surface area contributed by atoms with Crippen LogP contribution in [0.5, 0.6) is 0 Å². The van der Waals surface area contributed by atoms with E-state index in [1.807, 2.05) is 11.5 Å². The molecule has 0 radical (unpaired) electrons. The Bertz CT molecular complexity index is 868. The molecule has 3 aromatic rings. The van der Waals surface area contributed by atoms with Crippen LogP contribution in [0, 0.1) is 22.9 Å². The Kier molecular flexibility index (Phi) is 3.36. The van der Waals surface area contributed by atoms with Gasteiger partial charge in [-0.15, -0.1) is 0 Å². The molecule has 0 aliphatic rings. The van der Waals surface area contributed by atoms with Gasteiger partial charge in [-0.1, -0.05) is 0 Å². The van der Waals surface area contributed by atoms with Crippen LogP contribution in [0.2, 0.25) is 0 Å². The van der Waals surface area contributed by atoms with Crippen LogP contribution in [0.15, 0.2) is 24.4 Å². The third-order valence-electron chi connectivity index (χ3n) is 3.63. The standard InChI is InChI=1S/C14H14FN5O2/c1-3-18-12-5-4-10(15)6-11(12)17-13(18)8-19-9(2)16-7-14(19)20(21)22/h4-7H,3,8H2,1-2H3. The number of hydrogen-bond acceptors (Lipinski definition) is 4. The van der Waals surface area contributed by atoms with Crippen LogP contribution in [-0.2, 0) is 13.1 Å². The van der Waals surface area contributed by atoms with Gasteiger partial charge in [0.2, 0.25) is 0 Å². The summed E-state index contributed by atoms with van der Waals surface area (Å²) in [7, 11) is 0. The Morgan fingerprint density at radius 3 is 2.82 bits per heavy atom. The molecule has 0 spiro atoms. The highest BCUT2D eigenvalue weighted by atomic mass is 19.1. The molecule has 0 bridgehead atoms. The molecular weight excluding hydrogens is 289 g/mol. The van der Waals surface area contributed by atoms with Crippen molar-refractivity contribution in [3.8, 4) is 0 Å². The monoisotopic (exact) mass is 303 g/mol. The molecular formula is C14H14FN5O2. The molecule has 22 heavy (non-hydrogen) atoms. The van der Waals surface area contributed by atoms with Crippen molar-refractivity contribution in [2.24, 2.45) is 0 Å². The van der Waals surface area contributed by atoms with E-state index in [1.165, 1.54) is 22.9 Å². The molecule has 0 unspecified atom stereocenters. The summed E-state index contributed by atoms with van der Waals surface area (Å²) < 4.78 is 16.7. The second-order valence-corrected chi connectivity index (χ2v) is 4.91. The molecule has 0 fully saturated rings. The van der Waals surface area contributed by atoms with Gasteiger partial charge >= 0.3 is 5.82 Å². The number of imidazole rings is 2. The van der Waals surface area contributed by atoms with Crippen LogP contribution in [0.25, 0.3) is 11.0 Å². The highest BCUT2D eigenvalue weighted by molar-refractivity contribution is 5.76. The second kappa shape index (κ2) is 5.21. The van der Waals surface area contributed by atoms with Crippen LogP contribution in [0.3, 0.4) is 0 Å². The normalized spacial score (nSPS) is 11.2. The lowest BCUT2D eigenvalue weighted by Crippen LogP contribution is -2.11. The Labute approximate surface area is 125 Å². The summed E-state index contributed by atoms with van der Waals surface area (Å²) in [6.07, 6.45) is 1.23. The SMILES string of the molecule is CCn1c(Cn2c([N+](=O)[O-])cnc2C)nc2cc(F)ccc21. The van der Waals surface area contributed by atoms with Crippen LogP contribution in [0.4, 0.5) is 10.2 Å². The fourth-order valence-electron chi connectivity index (χ4n) is 2.57. The van der Waals surface area contributed by atoms with Gasteiger partial charge in [-0.05, 0) is 24.0 Å². The zero-order valence-electron chi connectivity index (χ0n) is 12.2. The smallest absolute Gasteiger partial charge is 0.343 e. The summed E-state index contributed by atoms with van der Waals surface area (Å²) in [6.45, 7) is 4.50. The number of nitrogens with zero attached hydrogens (tertiary/aromatic N) is 5. The lowest BCUT2D eigenvalue weighted by Gasteiger charge is -2.06. The molecule has 0 aliphatic carbocycles. The van der Waals surface area contributed by atoms with Crippen molar-refractivity contribution in [2.45, 2.75) is 26.9 Å². The van der Waals surface area contributed by atoms with Crippen LogP contribution >= 0.6 is 0 Å². The molecule has 0 N–H and O–H groups in total. The number of aryl methyl sites for hydroxylation is 2. The molecule has 114 valence electrons. The number of aromatic nitrogens is 4. The van der Waals surface area contributed by atoms with Gasteiger partial charge in [0, 0.05) is 19.5 Å². The van der Waals surface area contributed by atoms with Gasteiger partial charge in [0.15, 0.2) is 18.2 Å². The van der Waals surface area contributed by atoms with Crippen LogP contribution in [-0.4, -0.2) is 24.0 Å². The lowest BCUT2D eigenvalue weighted by atomic mass is 10.3. The zero-order chi connectivity index (χ0) is 15.9. The average Bonchev–Trinajstić information content (AvgIpc) is 2.99. The first-order chi connectivity index (χ1) is 10.5. The van der Waals surface area contributed by atoms with Gasteiger partial charge < -0.3 is 14.7 Å². The van der Waals surface area contributed by atoms with E-state index in [-0.39, 0.29) is 18.2 Å². The third kappa shape index (κ3) is 2.22. The van der Waals surface area contributed by atoms with Gasteiger partial charge in [0.1, 0.15) is 12.0 Å². The van der Waals surface area contributed by atoms with E-state index in [1.54, 1.807) is 13.0 Å². The van der Waals surface area contributed by atoms with E-state index in [0.717, 1.165) is 5.52 Å². The number of benzene rings is 1. The quantitative estimate of drug-likeness (QED) is 0.548. The molecule has 2 aromatic heterocycles. The van der Waals surface area contributed by atoms with Crippen molar-refractivity contribution in [3.05, 3.63) is 52.0 Å². The van der Waals surface area contributed by atoms with Gasteiger partial charge in [-0.2, -0.15) is 0 Å². The molecule has 7 nitrogen and oxygen atoms in total. The van der Waals surface area contributed by atoms with Crippen molar-refractivity contribution in [1.82, 2.24) is 19.1 Å². The van der Waals surface area contributed by atoms with E-state index in [9.17, 15) is 14.5 Å². The van der Waals surface area contributed by atoms with Crippen molar-refractivity contribution >= 4 is 16.9 Å². The van der Waals surface area contributed by atoms with Crippen LogP contribution in [0.1, 0.15) is 18.6 Å². The lowest BCUT2D eigenvalue weighted by molar-refractivity contribution is -0.392. The van der Waals surface area contributed by atoms with E-state index in [0.29, 0.717) is 23.7 Å². The number of nitro groups is 1. The summed E-state index contributed by atoms with van der Waals surface area (Å²) in [5.74, 6) is 0.725. The summed E-state index contributed by atoms with van der Waals surface area (Å²) in [5, 5.41) is 11.1. The molecule has 3 rings (SSSR count). The minimum absolute atomic E-state index is 0.0848. The predicted molar refractivity (Wildman–Crippen MR) is 78.1 cm³/mol. The number of halogens is 1. The fourth-order valence-corrected chi connectivity index (χ4v) is 2.57. The molecule has 0 saturated heterocycles. The van der Waals surface area contributed by atoms with Gasteiger partial charge in [0.25, 0.3) is 0 Å². The topological polar surface area (TPSA) is 78.8 Å². The number of hydrogen-bond donors (Lipinski definition) is 0. The number of rotatable bonds is 4. The number of fused-ring (bicyclic) bond motifs is 1. The predicted octanol–water partition coefficient (Wildman–Crippen LogP) is 2.66. The fraction of sp³-hybridized carbons (Fsp3) is 0.286. The summed E-state index contributed by atoms with van der Waals surface area (Å²) >= 11 is 0. The highest BCUT2D eigenvalue weighted by Gasteiger charge is 2.21. The minimum Gasteiger partial charge on any atom is -0.358 e. The molecule has 0 atom stereocenters. The summed E-state index contributed by atoms with van der Waals surface area (Å²) in [5.41, 5.74) is 1.34. The maximum Gasteiger partial charge on any atom is 0.343 e. The Balaban J connectivity index is 2.11. The maximum atomic E-state index is 13.3. The molecule has 8 heteroatoms. The van der Waals surface area contributed by atoms with Crippen LogP contribution < -0.4 is 0 Å². The largest absolute Gasteiger partial charge is 0.358 e. The average molecular weight is 303 g/mol. The van der Waals surface area contributed by atoms with Crippen molar-refractivity contribution < 1.29 is 9.31 Å². The van der Waals surface area contributed by atoms with Gasteiger partial charge in [0.05, 0.1) is 11.0 Å². The molecule has 2 heterocycles. The van der Waals surface area contributed by atoms with E-state index >= 15 is 0 Å². The molecule has 0 aliphatic heterocycles. The second-order valence-electron chi connectivity index (χ2n) is 4.91. The van der Waals surface area contributed by atoms with Crippen molar-refractivity contribution in [3.63, 3.8) is 0 Å². The van der Waals surface area contributed by atoms with Crippen molar-refractivity contribution in [2.75, 3.05) is 0 Å². The van der Waals surface area contributed by atoms with E-state index in [4.69, 9.17) is 0 Å². The zero-order valence-corrected chi connectivity index (χ0v) is 12.2. The Morgan fingerprint density at radius 2 is 2.14 bits per heavy atom.